The molecule has 0 aliphatic heterocycles. The molecule has 0 aliphatic rings. The number of hydrogen-bond acceptors (Lipinski definition) is 4. The third-order valence-corrected chi connectivity index (χ3v) is 1.27. The van der Waals surface area contributed by atoms with Crippen LogP contribution in [0.3, 0.4) is 0 Å². The van der Waals surface area contributed by atoms with Crippen molar-refractivity contribution in [3.05, 3.63) is 6.33 Å². The van der Waals surface area contributed by atoms with Crippen LogP contribution in [-0.2, 0) is 11.3 Å². The molecule has 1 amide bonds. The molecule has 0 atom stereocenters. The number of anilines is 1. The number of carbonyl (C=O) groups is 1. The van der Waals surface area contributed by atoms with Gasteiger partial charge in [-0.25, -0.2) is 9.67 Å². The van der Waals surface area contributed by atoms with Gasteiger partial charge in [0.05, 0.1) is 6.54 Å². The van der Waals surface area contributed by atoms with Gasteiger partial charge in [0.15, 0.2) is 0 Å². The fourth-order valence-electron chi connectivity index (χ4n) is 0.763. The maximum absolute atomic E-state index is 10.5. The maximum Gasteiger partial charge on any atom is 0.239 e. The van der Waals surface area contributed by atoms with Crippen molar-refractivity contribution in [3.63, 3.8) is 0 Å². The van der Waals surface area contributed by atoms with Crippen LogP contribution in [0.4, 0.5) is 5.95 Å². The smallest absolute Gasteiger partial charge is 0.239 e. The second-order valence-corrected chi connectivity index (χ2v) is 2.35. The molecular weight excluding hydrogens is 158 g/mol. The Morgan fingerprint density at radius 3 is 3.08 bits per heavy atom. The number of aromatic nitrogens is 3. The predicted molar refractivity (Wildman–Crippen MR) is 43.1 cm³/mol. The molecule has 1 heterocycles. The maximum atomic E-state index is 10.5. The third-order valence-electron chi connectivity index (χ3n) is 1.27. The molecule has 66 valence electrons. The summed E-state index contributed by atoms with van der Waals surface area (Å²) in [5.41, 5.74) is 5.28. The zero-order chi connectivity index (χ0) is 8.97. The lowest BCUT2D eigenvalue weighted by Crippen LogP contribution is -2.24. The van der Waals surface area contributed by atoms with E-state index in [0.29, 0.717) is 13.1 Å². The van der Waals surface area contributed by atoms with E-state index in [2.05, 4.69) is 15.4 Å². The normalized spacial score (nSPS) is 9.75. The predicted octanol–water partition coefficient (Wildman–Crippen LogP) is -1.00. The Morgan fingerprint density at radius 2 is 2.58 bits per heavy atom. The van der Waals surface area contributed by atoms with E-state index in [1.54, 1.807) is 4.68 Å². The van der Waals surface area contributed by atoms with Crippen molar-refractivity contribution in [3.8, 4) is 0 Å². The van der Waals surface area contributed by atoms with Crippen LogP contribution >= 0.6 is 0 Å². The zero-order valence-corrected chi connectivity index (χ0v) is 6.82. The highest BCUT2D eigenvalue weighted by Crippen LogP contribution is 1.87. The Labute approximate surface area is 69.8 Å². The lowest BCUT2D eigenvalue weighted by Gasteiger charge is -2.00. The quantitative estimate of drug-likeness (QED) is 0.607. The van der Waals surface area contributed by atoms with Crippen molar-refractivity contribution in [1.82, 2.24) is 20.1 Å². The van der Waals surface area contributed by atoms with Crippen molar-refractivity contribution in [1.29, 1.82) is 0 Å². The number of hydrogen-bond donors (Lipinski definition) is 2. The number of nitrogens with two attached hydrogens (primary N) is 1. The van der Waals surface area contributed by atoms with Gasteiger partial charge in [-0.15, -0.1) is 5.10 Å². The van der Waals surface area contributed by atoms with Gasteiger partial charge in [-0.05, 0) is 0 Å². The van der Waals surface area contributed by atoms with E-state index < -0.39 is 0 Å². The van der Waals surface area contributed by atoms with Crippen LogP contribution in [0.15, 0.2) is 6.33 Å². The van der Waals surface area contributed by atoms with Crippen LogP contribution in [0.5, 0.6) is 0 Å². The Morgan fingerprint density at radius 1 is 1.83 bits per heavy atom. The first-order valence-corrected chi connectivity index (χ1v) is 3.58. The van der Waals surface area contributed by atoms with E-state index in [-0.39, 0.29) is 11.9 Å². The first-order valence-electron chi connectivity index (χ1n) is 3.58. The van der Waals surface area contributed by atoms with Gasteiger partial charge in [-0.1, -0.05) is 0 Å². The van der Waals surface area contributed by atoms with Gasteiger partial charge < -0.3 is 11.1 Å². The van der Waals surface area contributed by atoms with E-state index in [4.69, 9.17) is 5.73 Å². The van der Waals surface area contributed by atoms with Crippen molar-refractivity contribution >= 4 is 11.9 Å². The highest BCUT2D eigenvalue weighted by atomic mass is 16.1. The largest absolute Gasteiger partial charge is 0.367 e. The molecule has 0 saturated heterocycles. The molecule has 6 nitrogen and oxygen atoms in total. The number of nitrogen functional groups attached to an aromatic ring is 1. The molecule has 0 radical (unpaired) electrons. The Balaban J connectivity index is 2.29. The van der Waals surface area contributed by atoms with E-state index in [1.807, 2.05) is 0 Å². The van der Waals surface area contributed by atoms with E-state index in [9.17, 15) is 4.79 Å². The van der Waals surface area contributed by atoms with Crippen LogP contribution in [-0.4, -0.2) is 27.2 Å². The molecule has 3 N–H and O–H groups in total. The minimum absolute atomic E-state index is 0.0527. The van der Waals surface area contributed by atoms with E-state index >= 15 is 0 Å². The van der Waals surface area contributed by atoms with Gasteiger partial charge in [0.2, 0.25) is 11.9 Å². The molecule has 12 heavy (non-hydrogen) atoms. The number of rotatable bonds is 3. The van der Waals surface area contributed by atoms with Gasteiger partial charge in [0, 0.05) is 13.5 Å². The molecule has 1 aromatic rings. The van der Waals surface area contributed by atoms with Crippen LogP contribution in [0.25, 0.3) is 0 Å². The van der Waals surface area contributed by atoms with Gasteiger partial charge in [-0.2, -0.15) is 0 Å². The van der Waals surface area contributed by atoms with E-state index in [0.717, 1.165) is 0 Å². The Bertz CT molecular complexity index is 269. The standard InChI is InChI=1S/C6H11N5O/c1-5(12)8-2-3-11-4-9-6(7)10-11/h4H,2-3H2,1H3,(H2,7,10)(H,8,12). The first-order chi connectivity index (χ1) is 5.68. The number of nitrogens with one attached hydrogen (secondary N) is 1. The molecule has 6 heteroatoms. The summed E-state index contributed by atoms with van der Waals surface area (Å²) >= 11 is 0. The second-order valence-electron chi connectivity index (χ2n) is 2.35. The second kappa shape index (κ2) is 3.70. The lowest BCUT2D eigenvalue weighted by molar-refractivity contribution is -0.118. The molecule has 0 aliphatic carbocycles. The van der Waals surface area contributed by atoms with Gasteiger partial charge in [0.25, 0.3) is 0 Å². The van der Waals surface area contributed by atoms with Crippen LogP contribution in [0.1, 0.15) is 6.92 Å². The van der Waals surface area contributed by atoms with Gasteiger partial charge in [0.1, 0.15) is 6.33 Å². The SMILES string of the molecule is CC(=O)NCCn1cnc(N)n1. The minimum atomic E-state index is -0.0527. The highest BCUT2D eigenvalue weighted by Gasteiger charge is 1.95. The van der Waals surface area contributed by atoms with Gasteiger partial charge >= 0.3 is 0 Å². The van der Waals surface area contributed by atoms with Crippen LogP contribution < -0.4 is 11.1 Å². The number of nitrogens with zero attached hydrogens (tertiary/aromatic N) is 3. The summed E-state index contributed by atoms with van der Waals surface area (Å²) in [5.74, 6) is 0.195. The summed E-state index contributed by atoms with van der Waals surface area (Å²) in [6, 6.07) is 0. The molecule has 0 fully saturated rings. The zero-order valence-electron chi connectivity index (χ0n) is 6.82. The third kappa shape index (κ3) is 2.57. The summed E-state index contributed by atoms with van der Waals surface area (Å²) < 4.78 is 1.57. The average Bonchev–Trinajstić information content (AvgIpc) is 2.35. The molecule has 0 spiro atoms. The summed E-state index contributed by atoms with van der Waals surface area (Å²) in [6.45, 7) is 2.59. The van der Waals surface area contributed by atoms with Crippen molar-refractivity contribution < 1.29 is 4.79 Å². The fourth-order valence-corrected chi connectivity index (χ4v) is 0.763. The topological polar surface area (TPSA) is 85.8 Å². The molecule has 0 saturated carbocycles. The molecule has 1 aromatic heterocycles. The molecule has 0 aromatic carbocycles. The molecular formula is C6H11N5O. The molecule has 0 unspecified atom stereocenters. The van der Waals surface area contributed by atoms with Crippen molar-refractivity contribution in [2.24, 2.45) is 0 Å². The lowest BCUT2D eigenvalue weighted by atomic mass is 10.6. The monoisotopic (exact) mass is 169 g/mol. The number of amides is 1. The van der Waals surface area contributed by atoms with E-state index in [1.165, 1.54) is 13.3 Å². The van der Waals surface area contributed by atoms with Crippen LogP contribution in [0.2, 0.25) is 0 Å². The average molecular weight is 169 g/mol. The first kappa shape index (κ1) is 8.51. The number of carbonyl (C=O) groups excluding carboxylic acids is 1. The summed E-state index contributed by atoms with van der Waals surface area (Å²) in [4.78, 5) is 14.2. The Kier molecular flexibility index (Phi) is 2.62. The summed E-state index contributed by atoms with van der Waals surface area (Å²) in [7, 11) is 0. The van der Waals surface area contributed by atoms with Crippen LogP contribution in [0, 0.1) is 0 Å². The summed E-state index contributed by atoms with van der Waals surface area (Å²) in [6.07, 6.45) is 1.52. The Hall–Kier alpha value is -1.59. The highest BCUT2D eigenvalue weighted by molar-refractivity contribution is 5.72. The van der Waals surface area contributed by atoms with Crippen molar-refractivity contribution in [2.75, 3.05) is 12.3 Å². The molecule has 0 bridgehead atoms. The van der Waals surface area contributed by atoms with Gasteiger partial charge in [-0.3, -0.25) is 4.79 Å². The minimum Gasteiger partial charge on any atom is -0.367 e. The summed E-state index contributed by atoms with van der Waals surface area (Å²) in [5, 5.41) is 6.47. The fraction of sp³-hybridized carbons (Fsp3) is 0.500. The van der Waals surface area contributed by atoms with Crippen molar-refractivity contribution in [2.45, 2.75) is 13.5 Å². The molecule has 1 rings (SSSR count).